The lowest BCUT2D eigenvalue weighted by Crippen LogP contribution is -2.52. The second-order valence-corrected chi connectivity index (χ2v) is 6.21. The van der Waals surface area contributed by atoms with Crippen LogP contribution < -0.4 is 5.73 Å². The summed E-state index contributed by atoms with van der Waals surface area (Å²) in [5.74, 6) is 0.140. The van der Waals surface area contributed by atoms with Gasteiger partial charge in [-0.3, -0.25) is 14.5 Å². The van der Waals surface area contributed by atoms with Gasteiger partial charge in [-0.15, -0.1) is 0 Å². The van der Waals surface area contributed by atoms with E-state index in [1.54, 1.807) is 12.1 Å². The number of anilines is 1. The first-order valence-corrected chi connectivity index (χ1v) is 8.61. The van der Waals surface area contributed by atoms with Crippen LogP contribution in [0.4, 0.5) is 5.69 Å². The third-order valence-corrected chi connectivity index (χ3v) is 4.66. The van der Waals surface area contributed by atoms with E-state index in [1.807, 2.05) is 22.8 Å². The van der Waals surface area contributed by atoms with Crippen LogP contribution in [0.25, 0.3) is 0 Å². The molecule has 0 unspecified atom stereocenters. The lowest BCUT2D eigenvalue weighted by Gasteiger charge is -2.36. The number of nitrogen functional groups attached to an aromatic ring is 1. The van der Waals surface area contributed by atoms with Gasteiger partial charge in [0.1, 0.15) is 0 Å². The molecule has 1 heterocycles. The number of aryl methyl sites for hydroxylation is 1. The Morgan fingerprint density at radius 2 is 1.67 bits per heavy atom. The Hall–Kier alpha value is -2.08. The highest BCUT2D eigenvalue weighted by atomic mass is 16.2. The minimum absolute atomic E-state index is 0.00404. The Kier molecular flexibility index (Phi) is 6.20. The van der Waals surface area contributed by atoms with E-state index in [4.69, 9.17) is 5.73 Å². The molecule has 2 amide bonds. The molecule has 2 rings (SSSR count). The van der Waals surface area contributed by atoms with Gasteiger partial charge in [0.15, 0.2) is 0 Å². The zero-order valence-electron chi connectivity index (χ0n) is 14.9. The fourth-order valence-corrected chi connectivity index (χ4v) is 2.94. The van der Waals surface area contributed by atoms with Crippen LogP contribution >= 0.6 is 0 Å². The van der Waals surface area contributed by atoms with Crippen molar-refractivity contribution in [1.29, 1.82) is 0 Å². The number of amides is 2. The minimum Gasteiger partial charge on any atom is -0.399 e. The number of carbonyl (C=O) groups excluding carboxylic acids is 2. The molecule has 1 aliphatic heterocycles. The third kappa shape index (κ3) is 4.26. The standard InChI is InChI=1S/C18H28N4O2/c1-4-20(5-2)13-17(23)21-8-10-22(11-9-21)18(24)16-12-15(19)7-6-14(16)3/h6-7,12H,4-5,8-11,13,19H2,1-3H3. The van der Waals surface area contributed by atoms with Crippen molar-refractivity contribution in [3.63, 3.8) is 0 Å². The molecule has 0 aromatic heterocycles. The number of carbonyl (C=O) groups is 2. The second-order valence-electron chi connectivity index (χ2n) is 6.21. The molecule has 132 valence electrons. The monoisotopic (exact) mass is 332 g/mol. The van der Waals surface area contributed by atoms with Crippen molar-refractivity contribution in [2.24, 2.45) is 0 Å². The minimum atomic E-state index is -0.00404. The number of likely N-dealkylation sites (N-methyl/N-ethyl adjacent to an activating group) is 1. The normalized spacial score (nSPS) is 15.0. The van der Waals surface area contributed by atoms with Crippen molar-refractivity contribution in [2.75, 3.05) is 51.5 Å². The Morgan fingerprint density at radius 3 is 2.25 bits per heavy atom. The molecule has 6 nitrogen and oxygen atoms in total. The highest BCUT2D eigenvalue weighted by molar-refractivity contribution is 5.96. The molecule has 0 aliphatic carbocycles. The summed E-state index contributed by atoms with van der Waals surface area (Å²) < 4.78 is 0. The molecule has 1 saturated heterocycles. The number of piperazine rings is 1. The third-order valence-electron chi connectivity index (χ3n) is 4.66. The van der Waals surface area contributed by atoms with Crippen molar-refractivity contribution >= 4 is 17.5 Å². The Bertz CT molecular complexity index is 591. The predicted octanol–water partition coefficient (Wildman–Crippen LogP) is 1.20. The van der Waals surface area contributed by atoms with Crippen LogP contribution in [0.5, 0.6) is 0 Å². The SMILES string of the molecule is CCN(CC)CC(=O)N1CCN(C(=O)c2cc(N)ccc2C)CC1. The summed E-state index contributed by atoms with van der Waals surface area (Å²) in [7, 11) is 0. The molecule has 6 heteroatoms. The largest absolute Gasteiger partial charge is 0.399 e. The van der Waals surface area contributed by atoms with Gasteiger partial charge >= 0.3 is 0 Å². The van der Waals surface area contributed by atoms with Crippen molar-refractivity contribution in [3.8, 4) is 0 Å². The highest BCUT2D eigenvalue weighted by Gasteiger charge is 2.26. The summed E-state index contributed by atoms with van der Waals surface area (Å²) >= 11 is 0. The van der Waals surface area contributed by atoms with Crippen LogP contribution in [0.1, 0.15) is 29.8 Å². The fraction of sp³-hybridized carbons (Fsp3) is 0.556. The summed E-state index contributed by atoms with van der Waals surface area (Å²) in [6.45, 7) is 10.5. The quantitative estimate of drug-likeness (QED) is 0.823. The van der Waals surface area contributed by atoms with Crippen molar-refractivity contribution in [3.05, 3.63) is 29.3 Å². The fourth-order valence-electron chi connectivity index (χ4n) is 2.94. The average molecular weight is 332 g/mol. The van der Waals surface area contributed by atoms with Crippen molar-refractivity contribution in [1.82, 2.24) is 14.7 Å². The Labute approximate surface area is 144 Å². The molecule has 0 radical (unpaired) electrons. The van der Waals surface area contributed by atoms with Crippen molar-refractivity contribution < 1.29 is 9.59 Å². The molecule has 0 bridgehead atoms. The summed E-state index contributed by atoms with van der Waals surface area (Å²) in [5, 5.41) is 0. The van der Waals surface area contributed by atoms with E-state index < -0.39 is 0 Å². The van der Waals surface area contributed by atoms with Gasteiger partial charge in [-0.05, 0) is 37.7 Å². The first-order chi connectivity index (χ1) is 11.5. The van der Waals surface area contributed by atoms with Gasteiger partial charge in [0.05, 0.1) is 6.54 Å². The molecule has 1 aromatic carbocycles. The maximum atomic E-state index is 12.7. The maximum absolute atomic E-state index is 12.7. The van der Waals surface area contributed by atoms with E-state index in [0.29, 0.717) is 44.0 Å². The first kappa shape index (κ1) is 18.3. The van der Waals surface area contributed by atoms with Gasteiger partial charge in [0.25, 0.3) is 5.91 Å². The molecule has 0 spiro atoms. The van der Waals surface area contributed by atoms with Gasteiger partial charge < -0.3 is 15.5 Å². The van der Waals surface area contributed by atoms with E-state index in [-0.39, 0.29) is 11.8 Å². The lowest BCUT2D eigenvalue weighted by atomic mass is 10.1. The zero-order valence-corrected chi connectivity index (χ0v) is 14.9. The van der Waals surface area contributed by atoms with E-state index in [1.165, 1.54) is 0 Å². The van der Waals surface area contributed by atoms with Gasteiger partial charge in [0, 0.05) is 37.4 Å². The second kappa shape index (κ2) is 8.15. The number of hydrogen-bond donors (Lipinski definition) is 1. The van der Waals surface area contributed by atoms with Crippen LogP contribution in [-0.4, -0.2) is 72.3 Å². The predicted molar refractivity (Wildman–Crippen MR) is 95.9 cm³/mol. The van der Waals surface area contributed by atoms with Crippen LogP contribution in [0.3, 0.4) is 0 Å². The average Bonchev–Trinajstić information content (AvgIpc) is 2.61. The number of hydrogen-bond acceptors (Lipinski definition) is 4. The molecule has 0 saturated carbocycles. The summed E-state index contributed by atoms with van der Waals surface area (Å²) in [5.41, 5.74) is 7.97. The van der Waals surface area contributed by atoms with E-state index >= 15 is 0 Å². The maximum Gasteiger partial charge on any atom is 0.254 e. The number of benzene rings is 1. The van der Waals surface area contributed by atoms with Gasteiger partial charge in [-0.2, -0.15) is 0 Å². The molecule has 1 fully saturated rings. The van der Waals surface area contributed by atoms with E-state index in [0.717, 1.165) is 18.7 Å². The van der Waals surface area contributed by atoms with Crippen LogP contribution in [0.2, 0.25) is 0 Å². The molecule has 0 atom stereocenters. The molecule has 1 aromatic rings. The number of rotatable bonds is 5. The lowest BCUT2D eigenvalue weighted by molar-refractivity contribution is -0.133. The molecule has 1 aliphatic rings. The van der Waals surface area contributed by atoms with Crippen LogP contribution in [0.15, 0.2) is 18.2 Å². The van der Waals surface area contributed by atoms with E-state index in [2.05, 4.69) is 18.7 Å². The van der Waals surface area contributed by atoms with Crippen LogP contribution in [-0.2, 0) is 4.79 Å². The van der Waals surface area contributed by atoms with Crippen LogP contribution in [0, 0.1) is 6.92 Å². The Balaban J connectivity index is 1.93. The number of nitrogens with two attached hydrogens (primary N) is 1. The summed E-state index contributed by atoms with van der Waals surface area (Å²) in [6.07, 6.45) is 0. The number of nitrogens with zero attached hydrogens (tertiary/aromatic N) is 3. The highest BCUT2D eigenvalue weighted by Crippen LogP contribution is 2.16. The van der Waals surface area contributed by atoms with Gasteiger partial charge in [-0.1, -0.05) is 19.9 Å². The first-order valence-electron chi connectivity index (χ1n) is 8.61. The zero-order chi connectivity index (χ0) is 17.7. The Morgan fingerprint density at radius 1 is 1.08 bits per heavy atom. The molecule has 24 heavy (non-hydrogen) atoms. The van der Waals surface area contributed by atoms with Crippen molar-refractivity contribution in [2.45, 2.75) is 20.8 Å². The molecular weight excluding hydrogens is 304 g/mol. The van der Waals surface area contributed by atoms with Gasteiger partial charge in [-0.25, -0.2) is 0 Å². The van der Waals surface area contributed by atoms with Gasteiger partial charge in [0.2, 0.25) is 5.91 Å². The van der Waals surface area contributed by atoms with E-state index in [9.17, 15) is 9.59 Å². The summed E-state index contributed by atoms with van der Waals surface area (Å²) in [6, 6.07) is 5.40. The molecule has 2 N–H and O–H groups in total. The topological polar surface area (TPSA) is 69.9 Å². The summed E-state index contributed by atoms with van der Waals surface area (Å²) in [4.78, 5) is 30.8. The smallest absolute Gasteiger partial charge is 0.254 e. The molecular formula is C18H28N4O2.